The van der Waals surface area contributed by atoms with Crippen LogP contribution in [0.1, 0.15) is 21.5 Å². The van der Waals surface area contributed by atoms with Gasteiger partial charge in [-0.25, -0.2) is 4.57 Å². The molecule has 3 aromatic carbocycles. The molecule has 3 aromatic rings. The Morgan fingerprint density at radius 3 is 1.66 bits per heavy atom. The lowest BCUT2D eigenvalue weighted by molar-refractivity contribution is 0.103. The largest absolute Gasteiger partial charge is 0.584 e. The summed E-state index contributed by atoms with van der Waals surface area (Å²) in [4.78, 5) is 23.1. The smallest absolute Gasteiger partial charge is 0.496 e. The van der Waals surface area contributed by atoms with Gasteiger partial charge in [0.15, 0.2) is 0 Å². The summed E-state index contributed by atoms with van der Waals surface area (Å²) in [5.74, 6) is 0.957. The Kier molecular flexibility index (Phi) is 7.08. The van der Waals surface area contributed by atoms with Crippen molar-refractivity contribution in [3.63, 3.8) is 0 Å². The van der Waals surface area contributed by atoms with Crippen molar-refractivity contribution in [1.82, 2.24) is 0 Å². The Hall–Kier alpha value is -3.48. The molecule has 0 saturated carbocycles. The highest BCUT2D eigenvalue weighted by atomic mass is 31.2. The highest BCUT2D eigenvalue weighted by Gasteiger charge is 2.26. The second kappa shape index (κ2) is 9.77. The van der Waals surface area contributed by atoms with E-state index in [4.69, 9.17) is 23.3 Å². The summed E-state index contributed by atoms with van der Waals surface area (Å²) in [7, 11) is -0.0463. The van der Waals surface area contributed by atoms with Gasteiger partial charge in [0, 0.05) is 17.7 Å². The lowest BCUT2D eigenvalue weighted by atomic mass is 10.0. The van der Waals surface area contributed by atoms with Gasteiger partial charge in [-0.15, -0.1) is 0 Å². The summed E-state index contributed by atoms with van der Waals surface area (Å²) in [6.45, 7) is 1.89. The average molecular weight is 458 g/mol. The number of carbonyl (C=O) groups excluding carboxylic acids is 1. The van der Waals surface area contributed by atoms with Crippen LogP contribution in [0.3, 0.4) is 0 Å². The Bertz CT molecular complexity index is 1110. The standard InChI is InChI=1S/C23H23O8P/c1-15-5-9-17(10-6-15)30-32(25,26)31-18-11-7-16(8-12-18)23(24)22-20(28-3)13-19(27-2)14-21(22)29-4/h5-14H,1-4H3,(H,25,26). The van der Waals surface area contributed by atoms with Crippen LogP contribution in [0.4, 0.5) is 0 Å². The Morgan fingerprint density at radius 1 is 0.750 bits per heavy atom. The van der Waals surface area contributed by atoms with Crippen molar-refractivity contribution in [3.8, 4) is 28.7 Å². The SMILES string of the molecule is COc1cc(OC)c(C(=O)c2ccc(OP(=O)(O)Oc3ccc(C)cc3)cc2)c(OC)c1. The molecule has 0 fully saturated rings. The van der Waals surface area contributed by atoms with Gasteiger partial charge in [0.1, 0.15) is 34.3 Å². The van der Waals surface area contributed by atoms with Crippen LogP contribution in [-0.4, -0.2) is 32.0 Å². The van der Waals surface area contributed by atoms with Gasteiger partial charge in [0.05, 0.1) is 21.3 Å². The second-order valence-corrected chi connectivity index (χ2v) is 8.03. The molecule has 0 aliphatic heterocycles. The van der Waals surface area contributed by atoms with Crippen LogP contribution < -0.4 is 23.3 Å². The highest BCUT2D eigenvalue weighted by molar-refractivity contribution is 7.48. The second-order valence-electron chi connectivity index (χ2n) is 6.72. The first-order valence-corrected chi connectivity index (χ1v) is 11.0. The third-order valence-corrected chi connectivity index (χ3v) is 5.40. The molecule has 0 bridgehead atoms. The van der Waals surface area contributed by atoms with Crippen molar-refractivity contribution in [2.24, 2.45) is 0 Å². The molecular formula is C23H23O8P. The maximum Gasteiger partial charge on any atom is 0.584 e. The molecule has 0 aliphatic rings. The number of ketones is 1. The molecule has 1 unspecified atom stereocenters. The van der Waals surface area contributed by atoms with Crippen molar-refractivity contribution in [3.05, 3.63) is 77.4 Å². The first-order chi connectivity index (χ1) is 15.3. The molecule has 0 aliphatic carbocycles. The van der Waals surface area contributed by atoms with Crippen LogP contribution in [0.2, 0.25) is 0 Å². The van der Waals surface area contributed by atoms with Crippen molar-refractivity contribution in [2.75, 3.05) is 21.3 Å². The van der Waals surface area contributed by atoms with Crippen molar-refractivity contribution < 1.29 is 37.5 Å². The summed E-state index contributed by atoms with van der Waals surface area (Å²) < 4.78 is 38.3. The number of aryl methyl sites for hydroxylation is 1. The number of benzene rings is 3. The molecule has 0 spiro atoms. The van der Waals surface area contributed by atoms with E-state index in [9.17, 15) is 14.3 Å². The topological polar surface area (TPSA) is 101 Å². The fourth-order valence-electron chi connectivity index (χ4n) is 2.93. The Labute approximate surface area is 185 Å². The van der Waals surface area contributed by atoms with E-state index in [0.717, 1.165) is 5.56 Å². The number of hydrogen-bond donors (Lipinski definition) is 1. The van der Waals surface area contributed by atoms with Crippen LogP contribution in [0.25, 0.3) is 0 Å². The predicted molar refractivity (Wildman–Crippen MR) is 118 cm³/mol. The minimum absolute atomic E-state index is 0.0631. The summed E-state index contributed by atoms with van der Waals surface area (Å²) in [6.07, 6.45) is 0. The minimum atomic E-state index is -4.42. The molecule has 1 N–H and O–H groups in total. The molecule has 0 radical (unpaired) electrons. The summed E-state index contributed by atoms with van der Waals surface area (Å²) >= 11 is 0. The normalized spacial score (nSPS) is 12.4. The third kappa shape index (κ3) is 5.41. The summed E-state index contributed by atoms with van der Waals surface area (Å²) in [6, 6.07) is 15.5. The Morgan fingerprint density at radius 2 is 1.22 bits per heavy atom. The van der Waals surface area contributed by atoms with E-state index in [-0.39, 0.29) is 34.3 Å². The first kappa shape index (κ1) is 23.2. The zero-order chi connectivity index (χ0) is 23.3. The number of phosphoric acid groups is 1. The lowest BCUT2D eigenvalue weighted by Gasteiger charge is -2.15. The van der Waals surface area contributed by atoms with Crippen LogP contribution in [0.15, 0.2) is 60.7 Å². The average Bonchev–Trinajstić information content (AvgIpc) is 2.79. The van der Waals surface area contributed by atoms with Crippen molar-refractivity contribution in [1.29, 1.82) is 0 Å². The van der Waals surface area contributed by atoms with Gasteiger partial charge in [-0.3, -0.25) is 9.69 Å². The van der Waals surface area contributed by atoms with Crippen LogP contribution in [0.5, 0.6) is 28.7 Å². The number of phosphoric ester groups is 1. The predicted octanol–water partition coefficient (Wildman–Crippen LogP) is 4.81. The van der Waals surface area contributed by atoms with Crippen LogP contribution in [0, 0.1) is 6.92 Å². The number of carbonyl (C=O) groups is 1. The molecule has 0 saturated heterocycles. The maximum absolute atomic E-state index is 13.1. The van der Waals surface area contributed by atoms with Gasteiger partial charge in [-0.2, -0.15) is 0 Å². The van der Waals surface area contributed by atoms with E-state index in [1.807, 2.05) is 6.92 Å². The number of methoxy groups -OCH3 is 3. The van der Waals surface area contributed by atoms with Gasteiger partial charge in [0.25, 0.3) is 0 Å². The van der Waals surface area contributed by atoms with E-state index in [2.05, 4.69) is 0 Å². The summed E-state index contributed by atoms with van der Waals surface area (Å²) in [5.41, 5.74) is 1.50. The molecule has 0 amide bonds. The van der Waals surface area contributed by atoms with E-state index in [1.54, 1.807) is 36.4 Å². The van der Waals surface area contributed by atoms with Crippen LogP contribution >= 0.6 is 7.82 Å². The molecule has 0 heterocycles. The quantitative estimate of drug-likeness (QED) is 0.360. The lowest BCUT2D eigenvalue weighted by Crippen LogP contribution is -2.07. The van der Waals surface area contributed by atoms with Gasteiger partial charge in [-0.1, -0.05) is 17.7 Å². The molecule has 168 valence electrons. The van der Waals surface area contributed by atoms with E-state index < -0.39 is 7.82 Å². The van der Waals surface area contributed by atoms with Gasteiger partial charge in [-0.05, 0) is 43.3 Å². The number of hydrogen-bond acceptors (Lipinski definition) is 7. The maximum atomic E-state index is 13.1. The van der Waals surface area contributed by atoms with Crippen LogP contribution in [-0.2, 0) is 4.57 Å². The molecule has 0 aromatic heterocycles. The minimum Gasteiger partial charge on any atom is -0.496 e. The fourth-order valence-corrected chi connectivity index (χ4v) is 3.74. The zero-order valence-electron chi connectivity index (χ0n) is 18.0. The molecule has 32 heavy (non-hydrogen) atoms. The number of rotatable bonds is 9. The van der Waals surface area contributed by atoms with Crippen molar-refractivity contribution >= 4 is 13.6 Å². The molecule has 3 rings (SSSR count). The molecular weight excluding hydrogens is 435 g/mol. The molecule has 9 heteroatoms. The van der Waals surface area contributed by atoms with E-state index in [0.29, 0.717) is 11.3 Å². The molecule has 8 nitrogen and oxygen atoms in total. The van der Waals surface area contributed by atoms with E-state index in [1.165, 1.54) is 45.6 Å². The monoisotopic (exact) mass is 458 g/mol. The third-order valence-electron chi connectivity index (χ3n) is 4.52. The molecule has 1 atom stereocenters. The first-order valence-electron chi connectivity index (χ1n) is 9.49. The van der Waals surface area contributed by atoms with Gasteiger partial charge < -0.3 is 23.3 Å². The van der Waals surface area contributed by atoms with Gasteiger partial charge >= 0.3 is 7.82 Å². The van der Waals surface area contributed by atoms with E-state index >= 15 is 0 Å². The summed E-state index contributed by atoms with van der Waals surface area (Å²) in [5, 5.41) is 0. The zero-order valence-corrected chi connectivity index (χ0v) is 18.9. The van der Waals surface area contributed by atoms with Gasteiger partial charge in [0.2, 0.25) is 5.78 Å². The number of ether oxygens (including phenoxy) is 3. The Balaban J connectivity index is 1.80. The highest BCUT2D eigenvalue weighted by Crippen LogP contribution is 2.44. The van der Waals surface area contributed by atoms with Crippen molar-refractivity contribution in [2.45, 2.75) is 6.92 Å². The fraction of sp³-hybridized carbons (Fsp3) is 0.174.